The molecule has 1 aliphatic heterocycles. The summed E-state index contributed by atoms with van der Waals surface area (Å²) in [5.74, 6) is -0.367. The highest BCUT2D eigenvalue weighted by molar-refractivity contribution is 7.88. The zero-order valence-electron chi connectivity index (χ0n) is 15.1. The molecule has 1 aromatic carbocycles. The number of carboxylic acid groups (broad SMARTS) is 1. The van der Waals surface area contributed by atoms with Gasteiger partial charge in [0.1, 0.15) is 18.9 Å². The van der Waals surface area contributed by atoms with E-state index in [1.54, 1.807) is 0 Å². The first-order valence-corrected chi connectivity index (χ1v) is 10.3. The van der Waals surface area contributed by atoms with E-state index in [0.717, 1.165) is 28.4 Å². The fraction of sp³-hybridized carbons (Fsp3) is 0.588. The maximum atomic E-state index is 11.8. The highest BCUT2D eigenvalue weighted by atomic mass is 32.2. The van der Waals surface area contributed by atoms with Crippen LogP contribution in [0.2, 0.25) is 0 Å². The van der Waals surface area contributed by atoms with E-state index in [1.807, 2.05) is 31.2 Å². The van der Waals surface area contributed by atoms with E-state index in [9.17, 15) is 13.2 Å². The van der Waals surface area contributed by atoms with Gasteiger partial charge in [-0.1, -0.05) is 12.1 Å². The van der Waals surface area contributed by atoms with Crippen molar-refractivity contribution in [2.45, 2.75) is 13.0 Å². The second-order valence-electron chi connectivity index (χ2n) is 6.41. The van der Waals surface area contributed by atoms with Gasteiger partial charge in [0.2, 0.25) is 10.0 Å². The van der Waals surface area contributed by atoms with E-state index < -0.39 is 22.5 Å². The lowest BCUT2D eigenvalue weighted by molar-refractivity contribution is -0.137. The molecule has 1 fully saturated rings. The monoisotopic (exact) mass is 386 g/mol. The maximum Gasteiger partial charge on any atom is 0.318 e. The van der Waals surface area contributed by atoms with Crippen molar-refractivity contribution in [3.63, 3.8) is 0 Å². The summed E-state index contributed by atoms with van der Waals surface area (Å²) in [7, 11) is -3.60. The molecule has 0 amide bonds. The van der Waals surface area contributed by atoms with Gasteiger partial charge in [-0.25, -0.2) is 8.42 Å². The Morgan fingerprint density at radius 1 is 1.46 bits per heavy atom. The third-order valence-electron chi connectivity index (χ3n) is 4.08. The van der Waals surface area contributed by atoms with Gasteiger partial charge in [-0.3, -0.25) is 9.69 Å². The molecule has 0 saturated carbocycles. The van der Waals surface area contributed by atoms with Crippen molar-refractivity contribution >= 4 is 16.0 Å². The lowest BCUT2D eigenvalue weighted by Gasteiger charge is -2.34. The van der Waals surface area contributed by atoms with Crippen molar-refractivity contribution in [2.75, 3.05) is 52.2 Å². The number of benzene rings is 1. The number of nitrogens with zero attached hydrogens (tertiary/aromatic N) is 2. The number of hydrogen-bond acceptors (Lipinski definition) is 6. The first-order valence-electron chi connectivity index (χ1n) is 8.44. The molecule has 8 nitrogen and oxygen atoms in total. The predicted octanol–water partition coefficient (Wildman–Crippen LogP) is 0.421. The largest absolute Gasteiger partial charge is 0.492 e. The molecular formula is C17H26N2O6S. The van der Waals surface area contributed by atoms with Crippen LogP contribution in [-0.2, 0) is 19.6 Å². The first kappa shape index (κ1) is 20.6. The Kier molecular flexibility index (Phi) is 7.39. The number of rotatable bonds is 9. The molecule has 1 saturated heterocycles. The predicted molar refractivity (Wildman–Crippen MR) is 96.9 cm³/mol. The van der Waals surface area contributed by atoms with Gasteiger partial charge in [0.25, 0.3) is 0 Å². The van der Waals surface area contributed by atoms with Crippen molar-refractivity contribution in [2.24, 2.45) is 0 Å². The van der Waals surface area contributed by atoms with E-state index in [0.29, 0.717) is 26.3 Å². The molecule has 26 heavy (non-hydrogen) atoms. The van der Waals surface area contributed by atoms with Crippen LogP contribution in [0.25, 0.3) is 0 Å². The van der Waals surface area contributed by atoms with Crippen LogP contribution in [0.15, 0.2) is 24.3 Å². The third kappa shape index (κ3) is 6.91. The fourth-order valence-electron chi connectivity index (χ4n) is 2.79. The van der Waals surface area contributed by atoms with Crippen LogP contribution in [0.3, 0.4) is 0 Å². The zero-order chi connectivity index (χ0) is 19.2. The topological polar surface area (TPSA) is 96.4 Å². The van der Waals surface area contributed by atoms with Crippen LogP contribution in [0.5, 0.6) is 5.75 Å². The average molecular weight is 386 g/mol. The zero-order valence-corrected chi connectivity index (χ0v) is 15.9. The third-order valence-corrected chi connectivity index (χ3v) is 5.29. The van der Waals surface area contributed by atoms with Gasteiger partial charge in [0.05, 0.1) is 19.0 Å². The van der Waals surface area contributed by atoms with Crippen LogP contribution >= 0.6 is 0 Å². The highest BCUT2D eigenvalue weighted by Crippen LogP contribution is 2.13. The number of carboxylic acids is 1. The van der Waals surface area contributed by atoms with Crippen molar-refractivity contribution in [3.8, 4) is 5.75 Å². The van der Waals surface area contributed by atoms with E-state index in [4.69, 9.17) is 14.6 Å². The fourth-order valence-corrected chi connectivity index (χ4v) is 3.57. The number of morpholine rings is 1. The van der Waals surface area contributed by atoms with E-state index >= 15 is 0 Å². The van der Waals surface area contributed by atoms with Gasteiger partial charge in [0, 0.05) is 26.2 Å². The molecule has 0 spiro atoms. The average Bonchev–Trinajstić information content (AvgIpc) is 2.53. The molecule has 146 valence electrons. The molecular weight excluding hydrogens is 360 g/mol. The molecule has 0 aliphatic carbocycles. The highest BCUT2D eigenvalue weighted by Gasteiger charge is 2.27. The van der Waals surface area contributed by atoms with E-state index in [-0.39, 0.29) is 12.6 Å². The molecule has 1 heterocycles. The number of aliphatic carboxylic acids is 1. The Morgan fingerprint density at radius 3 is 2.88 bits per heavy atom. The first-order chi connectivity index (χ1) is 12.2. The lowest BCUT2D eigenvalue weighted by atomic mass is 10.2. The molecule has 0 radical (unpaired) electrons. The van der Waals surface area contributed by atoms with Gasteiger partial charge in [0.15, 0.2) is 0 Å². The van der Waals surface area contributed by atoms with Gasteiger partial charge in [-0.2, -0.15) is 4.31 Å². The molecule has 0 bridgehead atoms. The standard InChI is InChI=1S/C17H26N2O6S/c1-14-4-3-5-15(10-14)24-8-6-18-7-9-25-16(11-18)12-19(13-17(20)21)26(2,22)23/h3-5,10,16H,6-9,11-13H2,1-2H3,(H,20,21)/t16-/m1/s1. The van der Waals surface area contributed by atoms with Crippen LogP contribution in [0.1, 0.15) is 5.56 Å². The Hall–Kier alpha value is -1.68. The molecule has 2 rings (SSSR count). The van der Waals surface area contributed by atoms with Crippen LogP contribution < -0.4 is 4.74 Å². The number of sulfonamides is 1. The second-order valence-corrected chi connectivity index (χ2v) is 8.39. The molecule has 1 N–H and O–H groups in total. The Balaban J connectivity index is 1.83. The van der Waals surface area contributed by atoms with Crippen molar-refractivity contribution in [3.05, 3.63) is 29.8 Å². The summed E-state index contributed by atoms with van der Waals surface area (Å²) >= 11 is 0. The molecule has 1 atom stereocenters. The summed E-state index contributed by atoms with van der Waals surface area (Å²) in [5, 5.41) is 8.90. The normalized spacial score (nSPS) is 18.8. The summed E-state index contributed by atoms with van der Waals surface area (Å²) in [4.78, 5) is 13.0. The van der Waals surface area contributed by atoms with Crippen LogP contribution in [-0.4, -0.2) is 87.0 Å². The minimum atomic E-state index is -3.60. The molecule has 1 aromatic rings. The van der Waals surface area contributed by atoms with Crippen molar-refractivity contribution in [1.29, 1.82) is 0 Å². The summed E-state index contributed by atoms with van der Waals surface area (Å²) in [5.41, 5.74) is 1.13. The minimum absolute atomic E-state index is 0.0281. The molecule has 9 heteroatoms. The Bertz CT molecular complexity index is 709. The van der Waals surface area contributed by atoms with Gasteiger partial charge in [-0.05, 0) is 24.6 Å². The maximum absolute atomic E-state index is 11.8. The summed E-state index contributed by atoms with van der Waals surface area (Å²) in [6.45, 7) is 4.40. The van der Waals surface area contributed by atoms with Crippen LogP contribution in [0.4, 0.5) is 0 Å². The second kappa shape index (κ2) is 9.31. The van der Waals surface area contributed by atoms with Crippen molar-refractivity contribution in [1.82, 2.24) is 9.21 Å². The van der Waals surface area contributed by atoms with Crippen molar-refractivity contribution < 1.29 is 27.8 Å². The number of carbonyl (C=O) groups is 1. The van der Waals surface area contributed by atoms with Gasteiger partial charge >= 0.3 is 5.97 Å². The summed E-state index contributed by atoms with van der Waals surface area (Å²) in [6, 6.07) is 7.82. The molecule has 1 aliphatic rings. The van der Waals surface area contributed by atoms with E-state index in [1.165, 1.54) is 0 Å². The summed E-state index contributed by atoms with van der Waals surface area (Å²) < 4.78 is 35.8. The Labute approximate surface area is 154 Å². The smallest absolute Gasteiger partial charge is 0.318 e. The van der Waals surface area contributed by atoms with E-state index in [2.05, 4.69) is 4.90 Å². The minimum Gasteiger partial charge on any atom is -0.492 e. The lowest BCUT2D eigenvalue weighted by Crippen LogP contribution is -2.50. The molecule has 0 aromatic heterocycles. The number of aryl methyl sites for hydroxylation is 1. The summed E-state index contributed by atoms with van der Waals surface area (Å²) in [6.07, 6.45) is 0.642. The number of hydrogen-bond donors (Lipinski definition) is 1. The van der Waals surface area contributed by atoms with Gasteiger partial charge < -0.3 is 14.6 Å². The SMILES string of the molecule is Cc1cccc(OCCN2CCO[C@@H](CN(CC(=O)O)S(C)(=O)=O)C2)c1. The van der Waals surface area contributed by atoms with Crippen LogP contribution in [0, 0.1) is 6.92 Å². The Morgan fingerprint density at radius 2 is 2.23 bits per heavy atom. The number of ether oxygens (including phenoxy) is 2. The van der Waals surface area contributed by atoms with Gasteiger partial charge in [-0.15, -0.1) is 0 Å². The quantitative estimate of drug-likeness (QED) is 0.657. The molecule has 0 unspecified atom stereocenters.